The molecule has 0 radical (unpaired) electrons. The van der Waals surface area contributed by atoms with Crippen molar-refractivity contribution >= 4 is 11.9 Å². The monoisotopic (exact) mass is 400 g/mol. The van der Waals surface area contributed by atoms with Crippen molar-refractivity contribution in [3.63, 3.8) is 0 Å². The van der Waals surface area contributed by atoms with Crippen molar-refractivity contribution in [1.82, 2.24) is 16.0 Å². The van der Waals surface area contributed by atoms with Crippen LogP contribution in [0.2, 0.25) is 0 Å². The molecule has 0 unspecified atom stereocenters. The molecule has 154 valence electrons. The van der Waals surface area contributed by atoms with Crippen molar-refractivity contribution in [3.8, 4) is 0 Å². The second-order valence-electron chi connectivity index (χ2n) is 7.27. The number of carbonyl (C=O) groups excluding carboxylic acids is 1. The molecule has 3 N–H and O–H groups in total. The number of guanidine groups is 1. The van der Waals surface area contributed by atoms with Crippen LogP contribution in [0, 0.1) is 11.6 Å². The highest BCUT2D eigenvalue weighted by atomic mass is 19.1. The Kier molecular flexibility index (Phi) is 6.80. The van der Waals surface area contributed by atoms with Crippen LogP contribution in [0.3, 0.4) is 0 Å². The van der Waals surface area contributed by atoms with E-state index in [1.165, 1.54) is 18.2 Å². The van der Waals surface area contributed by atoms with Gasteiger partial charge in [0.1, 0.15) is 11.6 Å². The molecule has 3 rings (SSSR count). The van der Waals surface area contributed by atoms with E-state index in [9.17, 15) is 13.6 Å². The van der Waals surface area contributed by atoms with Crippen LogP contribution in [-0.4, -0.2) is 38.5 Å². The average Bonchev–Trinajstić information content (AvgIpc) is 3.48. The number of rotatable bonds is 8. The number of carbonyl (C=O) groups is 1. The van der Waals surface area contributed by atoms with Gasteiger partial charge in [0.2, 0.25) is 5.91 Å². The van der Waals surface area contributed by atoms with E-state index in [1.807, 2.05) is 12.1 Å². The summed E-state index contributed by atoms with van der Waals surface area (Å²) < 4.78 is 27.3. The number of hydrogen-bond donors (Lipinski definition) is 3. The maximum absolute atomic E-state index is 14.1. The van der Waals surface area contributed by atoms with Crippen molar-refractivity contribution in [2.45, 2.75) is 24.7 Å². The van der Waals surface area contributed by atoms with Crippen LogP contribution in [0.15, 0.2) is 53.5 Å². The van der Waals surface area contributed by atoms with Crippen LogP contribution in [-0.2, 0) is 16.6 Å². The molecular weight excluding hydrogens is 374 g/mol. The number of nitrogens with one attached hydrogen (secondary N) is 3. The summed E-state index contributed by atoms with van der Waals surface area (Å²) in [5, 5.41) is 9.18. The number of hydrogen-bond acceptors (Lipinski definition) is 2. The Morgan fingerprint density at radius 1 is 1.03 bits per heavy atom. The Bertz CT molecular complexity index is 881. The van der Waals surface area contributed by atoms with Crippen LogP contribution >= 0.6 is 0 Å². The molecule has 0 spiro atoms. The minimum atomic E-state index is -0.351. The quantitative estimate of drug-likeness (QED) is 0.362. The number of halogens is 2. The van der Waals surface area contributed by atoms with Crippen molar-refractivity contribution in [1.29, 1.82) is 0 Å². The predicted molar refractivity (Wildman–Crippen MR) is 110 cm³/mol. The second-order valence-corrected chi connectivity index (χ2v) is 7.27. The molecule has 0 aliphatic heterocycles. The van der Waals surface area contributed by atoms with Crippen LogP contribution in [0.5, 0.6) is 0 Å². The molecule has 7 heteroatoms. The van der Waals surface area contributed by atoms with E-state index in [0.717, 1.165) is 18.4 Å². The topological polar surface area (TPSA) is 65.5 Å². The van der Waals surface area contributed by atoms with Gasteiger partial charge in [-0.05, 0) is 42.2 Å². The summed E-state index contributed by atoms with van der Waals surface area (Å²) in [6.07, 6.45) is 2.01. The molecule has 1 amide bonds. The maximum Gasteiger partial charge on any atom is 0.224 e. The summed E-state index contributed by atoms with van der Waals surface area (Å²) in [4.78, 5) is 16.1. The van der Waals surface area contributed by atoms with Gasteiger partial charge in [-0.25, -0.2) is 8.78 Å². The molecule has 1 aliphatic rings. The van der Waals surface area contributed by atoms with Gasteiger partial charge in [-0.1, -0.05) is 30.3 Å². The van der Waals surface area contributed by atoms with Crippen LogP contribution < -0.4 is 16.0 Å². The van der Waals surface area contributed by atoms with Crippen LogP contribution in [0.4, 0.5) is 8.78 Å². The summed E-state index contributed by atoms with van der Waals surface area (Å²) in [5.74, 6) is -0.0877. The molecule has 1 saturated carbocycles. The van der Waals surface area contributed by atoms with E-state index in [4.69, 9.17) is 0 Å². The minimum Gasteiger partial charge on any atom is -0.356 e. The molecule has 29 heavy (non-hydrogen) atoms. The summed E-state index contributed by atoms with van der Waals surface area (Å²) in [6.45, 7) is 1.49. The van der Waals surface area contributed by atoms with Gasteiger partial charge >= 0.3 is 0 Å². The molecule has 0 aromatic heterocycles. The molecule has 0 heterocycles. The fraction of sp³-hybridized carbons (Fsp3) is 0.364. The smallest absolute Gasteiger partial charge is 0.224 e. The van der Waals surface area contributed by atoms with Crippen LogP contribution in [0.25, 0.3) is 0 Å². The lowest BCUT2D eigenvalue weighted by molar-refractivity contribution is -0.120. The summed E-state index contributed by atoms with van der Waals surface area (Å²) >= 11 is 0. The maximum atomic E-state index is 14.1. The third-order valence-electron chi connectivity index (χ3n) is 5.11. The summed E-state index contributed by atoms with van der Waals surface area (Å²) in [7, 11) is 1.67. The molecule has 0 bridgehead atoms. The molecule has 2 aromatic rings. The zero-order valence-electron chi connectivity index (χ0n) is 16.5. The zero-order chi connectivity index (χ0) is 20.7. The summed E-state index contributed by atoms with van der Waals surface area (Å²) in [6, 6.07) is 12.9. The standard InChI is InChI=1S/C22H26F2N4O/c1-25-21(28-15-22(9-10-22)18-7-2-3-8-19(18)24)27-12-11-26-20(29)14-16-5-4-6-17(23)13-16/h2-8,13H,9-12,14-15H2,1H3,(H,26,29)(H2,25,27,28). The molecule has 1 fully saturated rings. The Morgan fingerprint density at radius 2 is 1.79 bits per heavy atom. The van der Waals surface area contributed by atoms with E-state index < -0.39 is 0 Å². The number of amides is 1. The van der Waals surface area contributed by atoms with E-state index in [1.54, 1.807) is 25.2 Å². The lowest BCUT2D eigenvalue weighted by atomic mass is 9.95. The van der Waals surface area contributed by atoms with Crippen molar-refractivity contribution < 1.29 is 13.6 Å². The zero-order valence-corrected chi connectivity index (χ0v) is 16.5. The summed E-state index contributed by atoms with van der Waals surface area (Å²) in [5.41, 5.74) is 1.20. The molecule has 1 aliphatic carbocycles. The highest BCUT2D eigenvalue weighted by Gasteiger charge is 2.45. The number of benzene rings is 2. The SMILES string of the molecule is CN=C(NCCNC(=O)Cc1cccc(F)c1)NCC1(c2ccccc2F)CC1. The van der Waals surface area contributed by atoms with E-state index in [-0.39, 0.29) is 29.4 Å². The highest BCUT2D eigenvalue weighted by Crippen LogP contribution is 2.48. The second kappa shape index (κ2) is 9.49. The normalized spacial score (nSPS) is 14.9. The van der Waals surface area contributed by atoms with Gasteiger partial charge in [-0.2, -0.15) is 0 Å². The average molecular weight is 400 g/mol. The first-order valence-corrected chi connectivity index (χ1v) is 9.73. The van der Waals surface area contributed by atoms with E-state index in [0.29, 0.717) is 31.2 Å². The minimum absolute atomic E-state index is 0.135. The van der Waals surface area contributed by atoms with Gasteiger partial charge in [0.15, 0.2) is 5.96 Å². The predicted octanol–water partition coefficient (Wildman–Crippen LogP) is 2.52. The lowest BCUT2D eigenvalue weighted by Gasteiger charge is -2.19. The van der Waals surface area contributed by atoms with Crippen molar-refractivity contribution in [2.24, 2.45) is 4.99 Å². The molecule has 0 saturated heterocycles. The molecular formula is C22H26F2N4O. The Labute approximate surface area is 169 Å². The number of aliphatic imine (C=N–C) groups is 1. The number of nitrogens with zero attached hydrogens (tertiary/aromatic N) is 1. The van der Waals surface area contributed by atoms with Gasteiger partial charge < -0.3 is 16.0 Å². The lowest BCUT2D eigenvalue weighted by Crippen LogP contribution is -2.44. The molecule has 5 nitrogen and oxygen atoms in total. The fourth-order valence-corrected chi connectivity index (χ4v) is 3.33. The third kappa shape index (κ3) is 5.76. The van der Waals surface area contributed by atoms with E-state index in [2.05, 4.69) is 20.9 Å². The highest BCUT2D eigenvalue weighted by molar-refractivity contribution is 5.80. The van der Waals surface area contributed by atoms with E-state index >= 15 is 0 Å². The fourth-order valence-electron chi connectivity index (χ4n) is 3.33. The first-order chi connectivity index (χ1) is 14.0. The van der Waals surface area contributed by atoms with Crippen molar-refractivity contribution in [3.05, 3.63) is 71.3 Å². The van der Waals surface area contributed by atoms with Gasteiger partial charge in [0.05, 0.1) is 6.42 Å². The Balaban J connectivity index is 1.39. The van der Waals surface area contributed by atoms with Crippen molar-refractivity contribution in [2.75, 3.05) is 26.7 Å². The largest absolute Gasteiger partial charge is 0.356 e. The van der Waals surface area contributed by atoms with Gasteiger partial charge in [-0.15, -0.1) is 0 Å². The molecule has 0 atom stereocenters. The van der Waals surface area contributed by atoms with Crippen LogP contribution in [0.1, 0.15) is 24.0 Å². The van der Waals surface area contributed by atoms with Gasteiger partial charge in [0.25, 0.3) is 0 Å². The first kappa shape index (κ1) is 20.8. The Hall–Kier alpha value is -2.96. The molecule has 2 aromatic carbocycles. The van der Waals surface area contributed by atoms with Gasteiger partial charge in [-0.3, -0.25) is 9.79 Å². The van der Waals surface area contributed by atoms with Gasteiger partial charge in [0, 0.05) is 32.1 Å². The Morgan fingerprint density at radius 3 is 2.48 bits per heavy atom. The third-order valence-corrected chi connectivity index (χ3v) is 5.11. The first-order valence-electron chi connectivity index (χ1n) is 9.73.